The van der Waals surface area contributed by atoms with Crippen LogP contribution in [0.4, 0.5) is 5.95 Å². The Morgan fingerprint density at radius 2 is 1.96 bits per heavy atom. The molecule has 0 aliphatic rings. The quantitative estimate of drug-likeness (QED) is 0.423. The van der Waals surface area contributed by atoms with Crippen LogP contribution in [-0.4, -0.2) is 58.8 Å². The second-order valence-corrected chi connectivity index (χ2v) is 8.01. The van der Waals surface area contributed by atoms with Crippen molar-refractivity contribution in [2.75, 3.05) is 38.7 Å². The molecule has 0 saturated carbocycles. The lowest BCUT2D eigenvalue weighted by Crippen LogP contribution is -2.19. The summed E-state index contributed by atoms with van der Waals surface area (Å²) in [5.41, 5.74) is 11.5. The lowest BCUT2D eigenvalue weighted by atomic mass is 10.2. The molecule has 1 aromatic carbocycles. The number of benzene rings is 1. The van der Waals surface area contributed by atoms with Crippen molar-refractivity contribution in [3.8, 4) is 17.1 Å². The molecule has 0 bridgehead atoms. The second-order valence-electron chi connectivity index (χ2n) is 6.13. The van der Waals surface area contributed by atoms with Crippen LogP contribution in [0.1, 0.15) is 12.8 Å². The molecule has 1 amide bonds. The van der Waals surface area contributed by atoms with Gasteiger partial charge in [-0.2, -0.15) is 9.97 Å². The third-order valence-corrected chi connectivity index (χ3v) is 5.03. The first-order valence-electron chi connectivity index (χ1n) is 8.46. The molecule has 0 saturated heterocycles. The van der Waals surface area contributed by atoms with Gasteiger partial charge in [0.1, 0.15) is 12.4 Å². The average Bonchev–Trinajstić information content (AvgIpc) is 2.59. The van der Waals surface area contributed by atoms with Crippen molar-refractivity contribution in [3.05, 3.63) is 22.2 Å². The van der Waals surface area contributed by atoms with Crippen molar-refractivity contribution < 1.29 is 9.53 Å². The van der Waals surface area contributed by atoms with Crippen LogP contribution in [0.15, 0.2) is 17.3 Å². The highest BCUT2D eigenvalue weighted by molar-refractivity contribution is 7.99. The van der Waals surface area contributed by atoms with Gasteiger partial charge in [0.2, 0.25) is 11.9 Å². The zero-order valence-electron chi connectivity index (χ0n) is 15.6. The number of likely N-dealkylation sites (N-methyl/N-ethyl adjacent to an activating group) is 1. The molecular weight excluding hydrogens is 423 g/mol. The number of nitrogen functional groups attached to an aromatic ring is 1. The number of halogens is 2. The summed E-state index contributed by atoms with van der Waals surface area (Å²) in [6.07, 6.45) is 0.920. The van der Waals surface area contributed by atoms with Crippen LogP contribution in [0.2, 0.25) is 10.0 Å². The van der Waals surface area contributed by atoms with Gasteiger partial charge in [0.05, 0.1) is 10.0 Å². The van der Waals surface area contributed by atoms with Gasteiger partial charge in [0, 0.05) is 24.3 Å². The number of hydrogen-bond donors (Lipinski definition) is 2. The van der Waals surface area contributed by atoms with Crippen LogP contribution >= 0.6 is 35.0 Å². The summed E-state index contributed by atoms with van der Waals surface area (Å²) in [5, 5.41) is 1.21. The monoisotopic (exact) mass is 444 g/mol. The van der Waals surface area contributed by atoms with E-state index in [1.807, 2.05) is 19.0 Å². The molecule has 0 fully saturated rings. The highest BCUT2D eigenvalue weighted by atomic mass is 35.5. The number of nitrogens with two attached hydrogens (primary N) is 2. The van der Waals surface area contributed by atoms with Gasteiger partial charge in [-0.15, -0.1) is 0 Å². The van der Waals surface area contributed by atoms with E-state index < -0.39 is 0 Å². The fraction of sp³-hybridized carbons (Fsp3) is 0.412. The molecule has 2 rings (SSSR count). The molecule has 0 aliphatic carbocycles. The van der Waals surface area contributed by atoms with Crippen molar-refractivity contribution in [2.45, 2.75) is 18.0 Å². The second kappa shape index (κ2) is 10.7. The molecule has 2 aromatic rings. The van der Waals surface area contributed by atoms with E-state index in [1.165, 1.54) is 11.8 Å². The Morgan fingerprint density at radius 3 is 2.64 bits per heavy atom. The molecule has 28 heavy (non-hydrogen) atoms. The molecule has 0 radical (unpaired) electrons. The van der Waals surface area contributed by atoms with Crippen molar-refractivity contribution >= 4 is 46.8 Å². The smallest absolute Gasteiger partial charge is 0.224 e. The Kier molecular flexibility index (Phi) is 8.56. The van der Waals surface area contributed by atoms with E-state index in [2.05, 4.69) is 15.0 Å². The standard InChI is InChI=1S/C17H22Cl2N6O2S/c1-25(2)5-6-27-13-8-10(11(18)9-12(13)19)15-22-16(21)24-17(23-15)28-7-3-4-14(20)26/h8-9H,3-7H2,1-2H3,(H2,20,26)(H2,21,22,23,24). The molecular formula is C17H22Cl2N6O2S. The van der Waals surface area contributed by atoms with Gasteiger partial charge in [-0.05, 0) is 32.6 Å². The maximum absolute atomic E-state index is 10.8. The van der Waals surface area contributed by atoms with Gasteiger partial charge in [-0.25, -0.2) is 4.98 Å². The van der Waals surface area contributed by atoms with E-state index in [4.69, 9.17) is 39.4 Å². The van der Waals surface area contributed by atoms with Crippen molar-refractivity contribution in [2.24, 2.45) is 5.73 Å². The maximum Gasteiger partial charge on any atom is 0.224 e. The minimum Gasteiger partial charge on any atom is -0.491 e. The number of nitrogens with zero attached hydrogens (tertiary/aromatic N) is 4. The highest BCUT2D eigenvalue weighted by Gasteiger charge is 2.15. The summed E-state index contributed by atoms with van der Waals surface area (Å²) in [7, 11) is 3.91. The Balaban J connectivity index is 2.22. The first-order valence-corrected chi connectivity index (χ1v) is 10.2. The molecule has 0 unspecified atom stereocenters. The lowest BCUT2D eigenvalue weighted by molar-refractivity contribution is -0.118. The Hall–Kier alpha value is -1.81. The summed E-state index contributed by atoms with van der Waals surface area (Å²) in [6.45, 7) is 1.20. The number of ether oxygens (including phenoxy) is 1. The zero-order chi connectivity index (χ0) is 20.7. The lowest BCUT2D eigenvalue weighted by Gasteiger charge is -2.14. The fourth-order valence-corrected chi connectivity index (χ4v) is 3.42. The summed E-state index contributed by atoms with van der Waals surface area (Å²) in [5.74, 6) is 1.16. The molecule has 0 aliphatic heterocycles. The van der Waals surface area contributed by atoms with Crippen LogP contribution in [0.25, 0.3) is 11.4 Å². The fourth-order valence-electron chi connectivity index (χ4n) is 2.12. The third-order valence-electron chi connectivity index (χ3n) is 3.49. The number of amides is 1. The molecule has 152 valence electrons. The van der Waals surface area contributed by atoms with Crippen LogP contribution in [-0.2, 0) is 4.79 Å². The maximum atomic E-state index is 10.8. The molecule has 0 spiro atoms. The van der Waals surface area contributed by atoms with E-state index in [-0.39, 0.29) is 11.9 Å². The predicted octanol–water partition coefficient (Wildman–Crippen LogP) is 2.73. The van der Waals surface area contributed by atoms with E-state index in [9.17, 15) is 4.79 Å². The number of thioether (sulfide) groups is 1. The van der Waals surface area contributed by atoms with E-state index >= 15 is 0 Å². The van der Waals surface area contributed by atoms with Crippen LogP contribution in [0, 0.1) is 0 Å². The first-order chi connectivity index (χ1) is 13.3. The van der Waals surface area contributed by atoms with E-state index in [0.29, 0.717) is 57.5 Å². The number of aromatic nitrogens is 3. The molecule has 11 heteroatoms. The van der Waals surface area contributed by atoms with Gasteiger partial charge < -0.3 is 21.1 Å². The molecule has 8 nitrogen and oxygen atoms in total. The minimum absolute atomic E-state index is 0.0727. The van der Waals surface area contributed by atoms with Crippen molar-refractivity contribution in [1.82, 2.24) is 19.9 Å². The number of hydrogen-bond acceptors (Lipinski definition) is 8. The van der Waals surface area contributed by atoms with Gasteiger partial charge in [-0.1, -0.05) is 35.0 Å². The van der Waals surface area contributed by atoms with Crippen molar-refractivity contribution in [1.29, 1.82) is 0 Å². The Morgan fingerprint density at radius 1 is 1.21 bits per heavy atom. The molecule has 0 atom stereocenters. The number of carbonyl (C=O) groups excluding carboxylic acids is 1. The normalized spacial score (nSPS) is 11.0. The zero-order valence-corrected chi connectivity index (χ0v) is 17.9. The Labute approximate surface area is 178 Å². The average molecular weight is 445 g/mol. The predicted molar refractivity (Wildman–Crippen MR) is 113 cm³/mol. The topological polar surface area (TPSA) is 120 Å². The molecule has 1 aromatic heterocycles. The van der Waals surface area contributed by atoms with Crippen LogP contribution in [0.3, 0.4) is 0 Å². The summed E-state index contributed by atoms with van der Waals surface area (Å²) < 4.78 is 5.74. The largest absolute Gasteiger partial charge is 0.491 e. The number of rotatable bonds is 10. The van der Waals surface area contributed by atoms with Crippen molar-refractivity contribution in [3.63, 3.8) is 0 Å². The summed E-state index contributed by atoms with van der Waals surface area (Å²) in [4.78, 5) is 25.5. The number of primary amides is 1. The third kappa shape index (κ3) is 6.97. The molecule has 1 heterocycles. The van der Waals surface area contributed by atoms with Crippen LogP contribution < -0.4 is 16.2 Å². The van der Waals surface area contributed by atoms with Gasteiger partial charge in [0.25, 0.3) is 0 Å². The van der Waals surface area contributed by atoms with Gasteiger partial charge in [0.15, 0.2) is 11.0 Å². The highest BCUT2D eigenvalue weighted by Crippen LogP contribution is 2.36. The summed E-state index contributed by atoms with van der Waals surface area (Å²) in [6, 6.07) is 3.28. The first kappa shape index (κ1) is 22.5. The SMILES string of the molecule is CN(C)CCOc1cc(-c2nc(N)nc(SCCCC(N)=O)n2)c(Cl)cc1Cl. The Bertz CT molecular complexity index is 838. The molecule has 4 N–H and O–H groups in total. The van der Waals surface area contributed by atoms with Gasteiger partial charge in [-0.3, -0.25) is 4.79 Å². The van der Waals surface area contributed by atoms with E-state index in [1.54, 1.807) is 12.1 Å². The minimum atomic E-state index is -0.341. The van der Waals surface area contributed by atoms with E-state index in [0.717, 1.165) is 6.54 Å². The number of carbonyl (C=O) groups is 1. The summed E-state index contributed by atoms with van der Waals surface area (Å²) >= 11 is 13.9. The van der Waals surface area contributed by atoms with Gasteiger partial charge >= 0.3 is 0 Å². The number of anilines is 1. The van der Waals surface area contributed by atoms with Crippen LogP contribution in [0.5, 0.6) is 5.75 Å².